The molecule has 0 fully saturated rings. The SMILES string of the molecule is CCOCC(C)Oc1nc(CC)nc(N)c1C. The van der Waals surface area contributed by atoms with Gasteiger partial charge in [-0.15, -0.1) is 0 Å². The van der Waals surface area contributed by atoms with E-state index in [9.17, 15) is 0 Å². The van der Waals surface area contributed by atoms with Gasteiger partial charge in [-0.1, -0.05) is 6.92 Å². The quantitative estimate of drug-likeness (QED) is 0.818. The van der Waals surface area contributed by atoms with Crippen molar-refractivity contribution >= 4 is 5.82 Å². The molecule has 1 aromatic rings. The molecule has 0 bridgehead atoms. The second-order valence-corrected chi connectivity index (χ2v) is 3.90. The Morgan fingerprint density at radius 2 is 2.00 bits per heavy atom. The number of hydrogen-bond acceptors (Lipinski definition) is 5. The van der Waals surface area contributed by atoms with E-state index >= 15 is 0 Å². The zero-order chi connectivity index (χ0) is 12.8. The number of aryl methyl sites for hydroxylation is 1. The molecule has 1 unspecified atom stereocenters. The van der Waals surface area contributed by atoms with Gasteiger partial charge < -0.3 is 15.2 Å². The second-order valence-electron chi connectivity index (χ2n) is 3.90. The van der Waals surface area contributed by atoms with E-state index in [2.05, 4.69) is 9.97 Å². The highest BCUT2D eigenvalue weighted by Gasteiger charge is 2.12. The summed E-state index contributed by atoms with van der Waals surface area (Å²) in [7, 11) is 0. The van der Waals surface area contributed by atoms with Gasteiger partial charge in [0.1, 0.15) is 17.7 Å². The first kappa shape index (κ1) is 13.7. The zero-order valence-electron chi connectivity index (χ0n) is 11.0. The lowest BCUT2D eigenvalue weighted by Gasteiger charge is -2.16. The van der Waals surface area contributed by atoms with Gasteiger partial charge >= 0.3 is 0 Å². The number of anilines is 1. The van der Waals surface area contributed by atoms with Crippen LogP contribution in [0.1, 0.15) is 32.2 Å². The van der Waals surface area contributed by atoms with Crippen LogP contribution in [0.5, 0.6) is 5.88 Å². The zero-order valence-corrected chi connectivity index (χ0v) is 11.0. The van der Waals surface area contributed by atoms with Gasteiger partial charge in [0.25, 0.3) is 0 Å². The smallest absolute Gasteiger partial charge is 0.222 e. The van der Waals surface area contributed by atoms with Crippen LogP contribution >= 0.6 is 0 Å². The molecule has 1 rings (SSSR count). The summed E-state index contributed by atoms with van der Waals surface area (Å²) in [5, 5.41) is 0. The fourth-order valence-electron chi connectivity index (χ4n) is 1.34. The summed E-state index contributed by atoms with van der Waals surface area (Å²) in [5.74, 6) is 1.74. The number of aromatic nitrogens is 2. The molecule has 0 aliphatic rings. The standard InChI is InChI=1S/C12H21N3O2/c1-5-10-14-11(13)9(4)12(15-10)17-8(3)7-16-6-2/h8H,5-7H2,1-4H3,(H2,13,14,15). The Morgan fingerprint density at radius 1 is 1.29 bits per heavy atom. The van der Waals surface area contributed by atoms with Crippen molar-refractivity contribution in [2.75, 3.05) is 18.9 Å². The molecule has 17 heavy (non-hydrogen) atoms. The lowest BCUT2D eigenvalue weighted by molar-refractivity contribution is 0.0628. The van der Waals surface area contributed by atoms with Crippen molar-refractivity contribution in [2.24, 2.45) is 0 Å². The Balaban J connectivity index is 2.78. The van der Waals surface area contributed by atoms with Crippen LogP contribution in [0.25, 0.3) is 0 Å². The molecule has 5 nitrogen and oxygen atoms in total. The fraction of sp³-hybridized carbons (Fsp3) is 0.667. The number of rotatable bonds is 6. The maximum Gasteiger partial charge on any atom is 0.222 e. The fourth-order valence-corrected chi connectivity index (χ4v) is 1.34. The molecule has 0 spiro atoms. The number of hydrogen-bond donors (Lipinski definition) is 1. The van der Waals surface area contributed by atoms with E-state index in [0.29, 0.717) is 30.7 Å². The molecular weight excluding hydrogens is 218 g/mol. The van der Waals surface area contributed by atoms with E-state index < -0.39 is 0 Å². The Kier molecular flexibility index (Phi) is 5.15. The predicted molar refractivity (Wildman–Crippen MR) is 67.1 cm³/mol. The molecule has 1 aromatic heterocycles. The van der Waals surface area contributed by atoms with Crippen LogP contribution in [0.3, 0.4) is 0 Å². The number of ether oxygens (including phenoxy) is 2. The highest BCUT2D eigenvalue weighted by Crippen LogP contribution is 2.20. The van der Waals surface area contributed by atoms with E-state index in [4.69, 9.17) is 15.2 Å². The van der Waals surface area contributed by atoms with Crippen LogP contribution in [0.2, 0.25) is 0 Å². The van der Waals surface area contributed by atoms with Gasteiger partial charge in [0.2, 0.25) is 5.88 Å². The Morgan fingerprint density at radius 3 is 2.59 bits per heavy atom. The van der Waals surface area contributed by atoms with Crippen molar-refractivity contribution in [1.29, 1.82) is 0 Å². The predicted octanol–water partition coefficient (Wildman–Crippen LogP) is 1.73. The van der Waals surface area contributed by atoms with Gasteiger partial charge in [-0.2, -0.15) is 4.98 Å². The summed E-state index contributed by atoms with van der Waals surface area (Å²) in [5.41, 5.74) is 6.59. The molecular formula is C12H21N3O2. The molecule has 5 heteroatoms. The average Bonchev–Trinajstić information content (AvgIpc) is 2.32. The second kappa shape index (κ2) is 6.39. The highest BCUT2D eigenvalue weighted by atomic mass is 16.5. The van der Waals surface area contributed by atoms with Gasteiger partial charge in [-0.25, -0.2) is 4.98 Å². The third-order valence-electron chi connectivity index (χ3n) is 2.37. The van der Waals surface area contributed by atoms with Crippen molar-refractivity contribution in [3.05, 3.63) is 11.4 Å². The lowest BCUT2D eigenvalue weighted by Crippen LogP contribution is -2.21. The molecule has 0 saturated heterocycles. The summed E-state index contributed by atoms with van der Waals surface area (Å²) < 4.78 is 11.0. The molecule has 0 radical (unpaired) electrons. The topological polar surface area (TPSA) is 70.3 Å². The molecule has 1 atom stereocenters. The average molecular weight is 239 g/mol. The van der Waals surface area contributed by atoms with Crippen molar-refractivity contribution in [3.8, 4) is 5.88 Å². The van der Waals surface area contributed by atoms with Crippen molar-refractivity contribution < 1.29 is 9.47 Å². The van der Waals surface area contributed by atoms with Gasteiger partial charge in [-0.05, 0) is 20.8 Å². The van der Waals surface area contributed by atoms with Gasteiger partial charge in [-0.3, -0.25) is 0 Å². The van der Waals surface area contributed by atoms with E-state index in [1.165, 1.54) is 0 Å². The molecule has 0 aliphatic carbocycles. The maximum absolute atomic E-state index is 5.81. The largest absolute Gasteiger partial charge is 0.472 e. The van der Waals surface area contributed by atoms with E-state index in [-0.39, 0.29) is 6.10 Å². The van der Waals surface area contributed by atoms with Crippen LogP contribution < -0.4 is 10.5 Å². The number of nitrogen functional groups attached to an aromatic ring is 1. The first-order valence-corrected chi connectivity index (χ1v) is 5.95. The minimum absolute atomic E-state index is 0.0485. The molecule has 0 amide bonds. The maximum atomic E-state index is 5.81. The normalized spacial score (nSPS) is 12.5. The Bertz CT molecular complexity index is 369. The summed E-state index contributed by atoms with van der Waals surface area (Å²) in [4.78, 5) is 8.51. The third-order valence-corrected chi connectivity index (χ3v) is 2.37. The van der Waals surface area contributed by atoms with E-state index in [1.807, 2.05) is 27.7 Å². The molecule has 0 aromatic carbocycles. The molecule has 0 saturated carbocycles. The van der Waals surface area contributed by atoms with Gasteiger partial charge in [0, 0.05) is 13.0 Å². The van der Waals surface area contributed by atoms with Crippen molar-refractivity contribution in [2.45, 2.75) is 40.2 Å². The third kappa shape index (κ3) is 3.85. The molecule has 1 heterocycles. The van der Waals surface area contributed by atoms with Crippen molar-refractivity contribution in [3.63, 3.8) is 0 Å². The van der Waals surface area contributed by atoms with Crippen LogP contribution in [-0.2, 0) is 11.2 Å². The summed E-state index contributed by atoms with van der Waals surface area (Å²) in [6.07, 6.45) is 0.688. The van der Waals surface area contributed by atoms with E-state index in [1.54, 1.807) is 0 Å². The summed E-state index contributed by atoms with van der Waals surface area (Å²) in [6.45, 7) is 8.96. The van der Waals surface area contributed by atoms with E-state index in [0.717, 1.165) is 12.0 Å². The molecule has 96 valence electrons. The Labute approximate surface area is 102 Å². The van der Waals surface area contributed by atoms with Crippen LogP contribution in [0.15, 0.2) is 0 Å². The summed E-state index contributed by atoms with van der Waals surface area (Å²) in [6, 6.07) is 0. The molecule has 2 N–H and O–H groups in total. The first-order chi connectivity index (χ1) is 8.08. The van der Waals surface area contributed by atoms with Crippen LogP contribution in [-0.4, -0.2) is 29.3 Å². The minimum atomic E-state index is -0.0485. The number of nitrogens with zero attached hydrogens (tertiary/aromatic N) is 2. The lowest BCUT2D eigenvalue weighted by atomic mass is 10.3. The van der Waals surface area contributed by atoms with Crippen LogP contribution in [0, 0.1) is 6.92 Å². The van der Waals surface area contributed by atoms with Crippen LogP contribution in [0.4, 0.5) is 5.82 Å². The van der Waals surface area contributed by atoms with Crippen molar-refractivity contribution in [1.82, 2.24) is 9.97 Å². The minimum Gasteiger partial charge on any atom is -0.472 e. The highest BCUT2D eigenvalue weighted by molar-refractivity contribution is 5.44. The van der Waals surface area contributed by atoms with Gasteiger partial charge in [0.15, 0.2) is 0 Å². The first-order valence-electron chi connectivity index (χ1n) is 5.95. The summed E-state index contributed by atoms with van der Waals surface area (Å²) >= 11 is 0. The van der Waals surface area contributed by atoms with Gasteiger partial charge in [0.05, 0.1) is 12.2 Å². The Hall–Kier alpha value is -1.36. The monoisotopic (exact) mass is 239 g/mol. The number of nitrogens with two attached hydrogens (primary N) is 1. The molecule has 0 aliphatic heterocycles.